The highest BCUT2D eigenvalue weighted by atomic mass is 16.5. The van der Waals surface area contributed by atoms with Crippen molar-refractivity contribution >= 4 is 5.96 Å². The molecule has 6 heteroatoms. The number of ether oxygens (including phenoxy) is 2. The van der Waals surface area contributed by atoms with E-state index >= 15 is 0 Å². The number of benzene rings is 1. The lowest BCUT2D eigenvalue weighted by Crippen LogP contribution is -2.47. The first-order valence-electron chi connectivity index (χ1n) is 9.47. The van der Waals surface area contributed by atoms with E-state index in [2.05, 4.69) is 29.5 Å². The van der Waals surface area contributed by atoms with E-state index in [4.69, 9.17) is 9.47 Å². The Bertz CT molecular complexity index is 555. The van der Waals surface area contributed by atoms with Gasteiger partial charge >= 0.3 is 0 Å². The van der Waals surface area contributed by atoms with Gasteiger partial charge in [0.25, 0.3) is 0 Å². The lowest BCUT2D eigenvalue weighted by molar-refractivity contribution is 0.0257. The summed E-state index contributed by atoms with van der Waals surface area (Å²) in [5.74, 6) is 2.07. The van der Waals surface area contributed by atoms with Crippen LogP contribution >= 0.6 is 0 Å². The van der Waals surface area contributed by atoms with Gasteiger partial charge in [0.1, 0.15) is 0 Å². The molecule has 3 N–H and O–H groups in total. The molecule has 148 valence electrons. The number of hydrogen-bond acceptors (Lipinski definition) is 4. The standard InChI is InChI=1S/C20H35N3O3/c1-6-12-20(24,13-7-2)15-23-19(21-8-3)22-14-16-10-9-11-17(25-4)18(16)26-5/h9-11,24H,6-8,12-15H2,1-5H3,(H2,21,22,23). The molecule has 0 unspecified atom stereocenters. The third-order valence-corrected chi connectivity index (χ3v) is 4.25. The lowest BCUT2D eigenvalue weighted by Gasteiger charge is -2.28. The summed E-state index contributed by atoms with van der Waals surface area (Å²) in [5, 5.41) is 17.3. The average Bonchev–Trinajstić information content (AvgIpc) is 2.64. The Kier molecular flexibility index (Phi) is 9.88. The molecule has 0 spiro atoms. The molecular formula is C20H35N3O3. The van der Waals surface area contributed by atoms with Gasteiger partial charge in [-0.1, -0.05) is 38.8 Å². The first-order valence-corrected chi connectivity index (χ1v) is 9.47. The van der Waals surface area contributed by atoms with Gasteiger partial charge in [-0.05, 0) is 25.8 Å². The first kappa shape index (κ1) is 22.1. The van der Waals surface area contributed by atoms with Crippen LogP contribution in [0.3, 0.4) is 0 Å². The van der Waals surface area contributed by atoms with E-state index < -0.39 is 5.60 Å². The lowest BCUT2D eigenvalue weighted by atomic mass is 9.93. The summed E-state index contributed by atoms with van der Waals surface area (Å²) < 4.78 is 10.8. The first-order chi connectivity index (χ1) is 12.5. The third-order valence-electron chi connectivity index (χ3n) is 4.25. The van der Waals surface area contributed by atoms with Crippen LogP contribution in [0.5, 0.6) is 11.5 Å². The highest BCUT2D eigenvalue weighted by Gasteiger charge is 2.24. The van der Waals surface area contributed by atoms with Crippen LogP contribution in [0.25, 0.3) is 0 Å². The zero-order valence-corrected chi connectivity index (χ0v) is 16.9. The Hall–Kier alpha value is -1.95. The van der Waals surface area contributed by atoms with Crippen molar-refractivity contribution in [3.05, 3.63) is 23.8 Å². The van der Waals surface area contributed by atoms with Gasteiger partial charge in [0.15, 0.2) is 17.5 Å². The molecular weight excluding hydrogens is 330 g/mol. The minimum atomic E-state index is -0.701. The maximum Gasteiger partial charge on any atom is 0.191 e. The van der Waals surface area contributed by atoms with E-state index in [0.29, 0.717) is 30.5 Å². The zero-order chi connectivity index (χ0) is 19.4. The molecule has 0 fully saturated rings. The van der Waals surface area contributed by atoms with Crippen LogP contribution in [0.2, 0.25) is 0 Å². The van der Waals surface area contributed by atoms with Gasteiger partial charge in [0.2, 0.25) is 0 Å². The minimum absolute atomic E-state index is 0.454. The highest BCUT2D eigenvalue weighted by Crippen LogP contribution is 2.31. The predicted molar refractivity (Wildman–Crippen MR) is 107 cm³/mol. The van der Waals surface area contributed by atoms with Crippen LogP contribution in [0.4, 0.5) is 0 Å². The molecule has 26 heavy (non-hydrogen) atoms. The molecule has 0 bridgehead atoms. The van der Waals surface area contributed by atoms with Gasteiger partial charge in [-0.2, -0.15) is 0 Å². The van der Waals surface area contributed by atoms with Gasteiger partial charge in [0, 0.05) is 18.7 Å². The van der Waals surface area contributed by atoms with Crippen LogP contribution in [0.1, 0.15) is 52.0 Å². The molecule has 0 aliphatic rings. The summed E-state index contributed by atoms with van der Waals surface area (Å²) in [6.45, 7) is 7.89. The molecule has 0 saturated carbocycles. The van der Waals surface area contributed by atoms with Crippen LogP contribution in [0, 0.1) is 0 Å². The Morgan fingerprint density at radius 3 is 2.31 bits per heavy atom. The van der Waals surface area contributed by atoms with Crippen molar-refractivity contribution < 1.29 is 14.6 Å². The normalized spacial score (nSPS) is 12.0. The minimum Gasteiger partial charge on any atom is -0.493 e. The summed E-state index contributed by atoms with van der Waals surface area (Å²) in [7, 11) is 3.25. The second kappa shape index (κ2) is 11.6. The van der Waals surface area contributed by atoms with Gasteiger partial charge in [-0.3, -0.25) is 0 Å². The maximum atomic E-state index is 10.8. The van der Waals surface area contributed by atoms with E-state index in [1.54, 1.807) is 14.2 Å². The summed E-state index contributed by atoms with van der Waals surface area (Å²) in [6, 6.07) is 5.76. The Morgan fingerprint density at radius 2 is 1.77 bits per heavy atom. The van der Waals surface area contributed by atoms with E-state index in [-0.39, 0.29) is 0 Å². The molecule has 6 nitrogen and oxygen atoms in total. The summed E-state index contributed by atoms with van der Waals surface area (Å²) in [6.07, 6.45) is 3.45. The molecule has 1 aromatic carbocycles. The smallest absolute Gasteiger partial charge is 0.191 e. The van der Waals surface area contributed by atoms with Gasteiger partial charge in [-0.15, -0.1) is 0 Å². The second-order valence-electron chi connectivity index (χ2n) is 6.43. The number of methoxy groups -OCH3 is 2. The predicted octanol–water partition coefficient (Wildman–Crippen LogP) is 3.09. The number of guanidine groups is 1. The molecule has 1 rings (SSSR count). The fourth-order valence-electron chi connectivity index (χ4n) is 3.06. The van der Waals surface area contributed by atoms with Crippen LogP contribution in [0.15, 0.2) is 23.2 Å². The number of aliphatic imine (C=N–C) groups is 1. The average molecular weight is 366 g/mol. The van der Waals surface area contributed by atoms with Crippen molar-refractivity contribution in [2.75, 3.05) is 27.3 Å². The molecule has 0 aromatic heterocycles. The summed E-state index contributed by atoms with van der Waals surface area (Å²) in [4.78, 5) is 4.64. The van der Waals surface area contributed by atoms with E-state index in [9.17, 15) is 5.11 Å². The Labute approximate surface area is 158 Å². The van der Waals surface area contributed by atoms with Crippen molar-refractivity contribution in [2.24, 2.45) is 4.99 Å². The number of nitrogens with one attached hydrogen (secondary N) is 2. The van der Waals surface area contributed by atoms with Crippen LogP contribution < -0.4 is 20.1 Å². The zero-order valence-electron chi connectivity index (χ0n) is 16.9. The Morgan fingerprint density at radius 1 is 1.08 bits per heavy atom. The molecule has 0 aliphatic heterocycles. The van der Waals surface area contributed by atoms with Crippen LogP contribution in [-0.4, -0.2) is 44.0 Å². The van der Waals surface area contributed by atoms with Crippen molar-refractivity contribution in [3.8, 4) is 11.5 Å². The molecule has 0 amide bonds. The second-order valence-corrected chi connectivity index (χ2v) is 6.43. The summed E-state index contributed by atoms with van der Waals surface area (Å²) in [5.41, 5.74) is 0.245. The van der Waals surface area contributed by atoms with E-state index in [1.807, 2.05) is 25.1 Å². The van der Waals surface area contributed by atoms with Crippen molar-refractivity contribution in [3.63, 3.8) is 0 Å². The number of nitrogens with zero attached hydrogens (tertiary/aromatic N) is 1. The topological polar surface area (TPSA) is 75.1 Å². The molecule has 0 saturated heterocycles. The Balaban J connectivity index is 2.86. The van der Waals surface area contributed by atoms with Gasteiger partial charge < -0.3 is 25.2 Å². The largest absolute Gasteiger partial charge is 0.493 e. The molecule has 0 aliphatic carbocycles. The van der Waals surface area contributed by atoms with Gasteiger partial charge in [0.05, 0.1) is 26.4 Å². The quantitative estimate of drug-likeness (QED) is 0.415. The van der Waals surface area contributed by atoms with Crippen molar-refractivity contribution in [1.29, 1.82) is 0 Å². The number of aliphatic hydroxyl groups is 1. The summed E-state index contributed by atoms with van der Waals surface area (Å²) >= 11 is 0. The highest BCUT2D eigenvalue weighted by molar-refractivity contribution is 5.79. The van der Waals surface area contributed by atoms with Crippen molar-refractivity contribution in [2.45, 2.75) is 58.6 Å². The number of para-hydroxylation sites is 1. The van der Waals surface area contributed by atoms with E-state index in [1.165, 1.54) is 0 Å². The molecule has 0 radical (unpaired) electrons. The number of hydrogen-bond donors (Lipinski definition) is 3. The van der Waals surface area contributed by atoms with E-state index in [0.717, 1.165) is 37.8 Å². The number of rotatable bonds is 11. The van der Waals surface area contributed by atoms with Crippen molar-refractivity contribution in [1.82, 2.24) is 10.6 Å². The van der Waals surface area contributed by atoms with Gasteiger partial charge in [-0.25, -0.2) is 4.99 Å². The molecule has 0 heterocycles. The fourth-order valence-corrected chi connectivity index (χ4v) is 3.06. The van der Waals surface area contributed by atoms with Crippen LogP contribution in [-0.2, 0) is 6.54 Å². The SMILES string of the molecule is CCCC(O)(CCC)CNC(=NCc1cccc(OC)c1OC)NCC. The molecule has 0 atom stereocenters. The third kappa shape index (κ3) is 6.75. The molecule has 1 aromatic rings. The fraction of sp³-hybridized carbons (Fsp3) is 0.650. The monoisotopic (exact) mass is 365 g/mol. The maximum absolute atomic E-state index is 10.8.